The Balaban J connectivity index is 1.92. The zero-order valence-electron chi connectivity index (χ0n) is 14.0. The predicted octanol–water partition coefficient (Wildman–Crippen LogP) is 2.30. The molecule has 0 unspecified atom stereocenters. The summed E-state index contributed by atoms with van der Waals surface area (Å²) in [4.78, 5) is 25.8. The minimum atomic E-state index is -0.895. The number of aryl methyl sites for hydroxylation is 1. The minimum Gasteiger partial charge on any atom is -0.491 e. The molecule has 1 aliphatic rings. The Bertz CT molecular complexity index is 563. The SMILES string of the molecule is CCC1(CC)CC(=O)N(C[C@@H](O)COc2ccc(C)cc2)C1=O. The molecule has 1 aromatic rings. The summed E-state index contributed by atoms with van der Waals surface area (Å²) < 4.78 is 5.51. The van der Waals surface area contributed by atoms with Gasteiger partial charge in [-0.1, -0.05) is 31.5 Å². The molecule has 1 N–H and O–H groups in total. The Morgan fingerprint density at radius 3 is 2.35 bits per heavy atom. The highest BCUT2D eigenvalue weighted by atomic mass is 16.5. The van der Waals surface area contributed by atoms with Gasteiger partial charge in [0.15, 0.2) is 0 Å². The van der Waals surface area contributed by atoms with Crippen molar-refractivity contribution in [3.05, 3.63) is 29.8 Å². The van der Waals surface area contributed by atoms with Gasteiger partial charge in [-0.25, -0.2) is 0 Å². The average molecular weight is 319 g/mol. The number of carbonyl (C=O) groups excluding carboxylic acids is 2. The first kappa shape index (κ1) is 17.5. The van der Waals surface area contributed by atoms with Gasteiger partial charge in [-0.05, 0) is 31.9 Å². The molecule has 1 aliphatic heterocycles. The lowest BCUT2D eigenvalue weighted by molar-refractivity contribution is -0.143. The molecule has 1 atom stereocenters. The number of ether oxygens (including phenoxy) is 1. The van der Waals surface area contributed by atoms with Gasteiger partial charge in [-0.3, -0.25) is 14.5 Å². The van der Waals surface area contributed by atoms with Crippen LogP contribution in [0.4, 0.5) is 0 Å². The second kappa shape index (κ2) is 7.13. The van der Waals surface area contributed by atoms with E-state index >= 15 is 0 Å². The Morgan fingerprint density at radius 2 is 1.83 bits per heavy atom. The van der Waals surface area contributed by atoms with Crippen LogP contribution in [0.25, 0.3) is 0 Å². The van der Waals surface area contributed by atoms with E-state index < -0.39 is 11.5 Å². The zero-order valence-corrected chi connectivity index (χ0v) is 14.0. The van der Waals surface area contributed by atoms with Gasteiger partial charge in [0.1, 0.15) is 18.5 Å². The van der Waals surface area contributed by atoms with E-state index in [0.29, 0.717) is 18.6 Å². The zero-order chi connectivity index (χ0) is 17.0. The van der Waals surface area contributed by atoms with Crippen LogP contribution < -0.4 is 4.74 Å². The molecular formula is C18H25NO4. The molecule has 1 heterocycles. The van der Waals surface area contributed by atoms with E-state index in [-0.39, 0.29) is 31.4 Å². The monoisotopic (exact) mass is 319 g/mol. The minimum absolute atomic E-state index is 0.00865. The summed E-state index contributed by atoms with van der Waals surface area (Å²) in [7, 11) is 0. The van der Waals surface area contributed by atoms with Crippen LogP contribution in [-0.2, 0) is 9.59 Å². The van der Waals surface area contributed by atoms with Gasteiger partial charge in [-0.15, -0.1) is 0 Å². The number of nitrogens with zero attached hydrogens (tertiary/aromatic N) is 1. The number of hydrogen-bond donors (Lipinski definition) is 1. The van der Waals surface area contributed by atoms with Crippen LogP contribution in [0.5, 0.6) is 5.75 Å². The molecule has 2 amide bonds. The fourth-order valence-electron chi connectivity index (χ4n) is 2.94. The number of rotatable bonds is 7. The first-order valence-corrected chi connectivity index (χ1v) is 8.14. The van der Waals surface area contributed by atoms with Crippen molar-refractivity contribution < 1.29 is 19.4 Å². The van der Waals surface area contributed by atoms with Gasteiger partial charge >= 0.3 is 0 Å². The molecule has 1 saturated heterocycles. The van der Waals surface area contributed by atoms with E-state index in [2.05, 4.69) is 0 Å². The van der Waals surface area contributed by atoms with Crippen molar-refractivity contribution in [1.82, 2.24) is 4.90 Å². The normalized spacial score (nSPS) is 18.3. The molecule has 0 bridgehead atoms. The Kier molecular flexibility index (Phi) is 5.42. The highest BCUT2D eigenvalue weighted by Gasteiger charge is 2.49. The van der Waals surface area contributed by atoms with Crippen LogP contribution in [0.2, 0.25) is 0 Å². The number of imide groups is 1. The van der Waals surface area contributed by atoms with Gasteiger partial charge in [-0.2, -0.15) is 0 Å². The smallest absolute Gasteiger partial charge is 0.235 e. The third-order valence-electron chi connectivity index (χ3n) is 4.70. The van der Waals surface area contributed by atoms with E-state index in [9.17, 15) is 14.7 Å². The van der Waals surface area contributed by atoms with Crippen molar-refractivity contribution in [2.45, 2.75) is 46.1 Å². The number of amides is 2. The van der Waals surface area contributed by atoms with Crippen LogP contribution in [0, 0.1) is 12.3 Å². The molecule has 5 heteroatoms. The molecule has 1 fully saturated rings. The first-order chi connectivity index (χ1) is 10.9. The Labute approximate surface area is 137 Å². The maximum atomic E-state index is 12.5. The molecule has 0 spiro atoms. The fraction of sp³-hybridized carbons (Fsp3) is 0.556. The summed E-state index contributed by atoms with van der Waals surface area (Å²) in [5, 5.41) is 10.1. The molecular weight excluding hydrogens is 294 g/mol. The van der Waals surface area contributed by atoms with Crippen molar-refractivity contribution in [1.29, 1.82) is 0 Å². The summed E-state index contributed by atoms with van der Waals surface area (Å²) in [6.07, 6.45) is 0.625. The third kappa shape index (κ3) is 3.72. The van der Waals surface area contributed by atoms with E-state index in [0.717, 1.165) is 5.56 Å². The highest BCUT2D eigenvalue weighted by Crippen LogP contribution is 2.39. The topological polar surface area (TPSA) is 66.8 Å². The lowest BCUT2D eigenvalue weighted by Gasteiger charge is -2.24. The van der Waals surface area contributed by atoms with Crippen molar-refractivity contribution in [3.63, 3.8) is 0 Å². The summed E-state index contributed by atoms with van der Waals surface area (Å²) in [6, 6.07) is 7.50. The number of likely N-dealkylation sites (tertiary alicyclic amines) is 1. The lowest BCUT2D eigenvalue weighted by atomic mass is 9.81. The molecule has 126 valence electrons. The molecule has 1 aromatic carbocycles. The lowest BCUT2D eigenvalue weighted by Crippen LogP contribution is -2.41. The van der Waals surface area contributed by atoms with Gasteiger partial charge in [0.25, 0.3) is 0 Å². The first-order valence-electron chi connectivity index (χ1n) is 8.14. The molecule has 0 aliphatic carbocycles. The summed E-state index contributed by atoms with van der Waals surface area (Å²) >= 11 is 0. The summed E-state index contributed by atoms with van der Waals surface area (Å²) in [5.74, 6) is 0.292. The van der Waals surface area contributed by atoms with Gasteiger partial charge in [0, 0.05) is 6.42 Å². The number of benzene rings is 1. The van der Waals surface area contributed by atoms with Crippen LogP contribution >= 0.6 is 0 Å². The largest absolute Gasteiger partial charge is 0.491 e. The van der Waals surface area contributed by atoms with Gasteiger partial charge < -0.3 is 9.84 Å². The molecule has 0 saturated carbocycles. The second-order valence-corrected chi connectivity index (χ2v) is 6.25. The summed E-state index contributed by atoms with van der Waals surface area (Å²) in [5.41, 5.74) is 0.538. The fourth-order valence-corrected chi connectivity index (χ4v) is 2.94. The second-order valence-electron chi connectivity index (χ2n) is 6.25. The Hall–Kier alpha value is -1.88. The van der Waals surface area contributed by atoms with Gasteiger partial charge in [0.05, 0.1) is 12.0 Å². The predicted molar refractivity (Wildman–Crippen MR) is 87.0 cm³/mol. The van der Waals surface area contributed by atoms with Crippen molar-refractivity contribution in [2.24, 2.45) is 5.41 Å². The third-order valence-corrected chi connectivity index (χ3v) is 4.70. The van der Waals surface area contributed by atoms with E-state index in [1.165, 1.54) is 4.90 Å². The van der Waals surface area contributed by atoms with Crippen LogP contribution in [-0.4, -0.2) is 41.1 Å². The van der Waals surface area contributed by atoms with E-state index in [1.54, 1.807) is 0 Å². The highest BCUT2D eigenvalue weighted by molar-refractivity contribution is 6.05. The number of aliphatic hydroxyl groups excluding tert-OH is 1. The molecule has 5 nitrogen and oxygen atoms in total. The number of hydrogen-bond acceptors (Lipinski definition) is 4. The molecule has 23 heavy (non-hydrogen) atoms. The number of β-amino-alcohol motifs (C(OH)–C–C–N with tert-alkyl or cyclic N) is 1. The Morgan fingerprint density at radius 1 is 1.22 bits per heavy atom. The van der Waals surface area contributed by atoms with Crippen LogP contribution in [0.1, 0.15) is 38.7 Å². The van der Waals surface area contributed by atoms with E-state index in [1.807, 2.05) is 45.0 Å². The quantitative estimate of drug-likeness (QED) is 0.783. The van der Waals surface area contributed by atoms with Crippen LogP contribution in [0.3, 0.4) is 0 Å². The maximum Gasteiger partial charge on any atom is 0.235 e. The maximum absolute atomic E-state index is 12.5. The van der Waals surface area contributed by atoms with E-state index in [4.69, 9.17) is 4.74 Å². The van der Waals surface area contributed by atoms with Crippen LogP contribution in [0.15, 0.2) is 24.3 Å². The average Bonchev–Trinajstić information content (AvgIpc) is 2.79. The standard InChI is InChI=1S/C18H25NO4/c1-4-18(5-2)10-16(21)19(17(18)22)11-14(20)12-23-15-8-6-13(3)7-9-15/h6-9,14,20H,4-5,10-12H2,1-3H3/t14-/m1/s1. The van der Waals surface area contributed by atoms with Crippen molar-refractivity contribution in [3.8, 4) is 5.75 Å². The molecule has 0 radical (unpaired) electrons. The van der Waals surface area contributed by atoms with Crippen molar-refractivity contribution >= 4 is 11.8 Å². The number of carbonyl (C=O) groups is 2. The summed E-state index contributed by atoms with van der Waals surface area (Å²) in [6.45, 7) is 5.87. The van der Waals surface area contributed by atoms with Crippen molar-refractivity contribution in [2.75, 3.05) is 13.2 Å². The molecule has 2 rings (SSSR count). The molecule has 0 aromatic heterocycles. The number of aliphatic hydroxyl groups is 1. The van der Waals surface area contributed by atoms with Gasteiger partial charge in [0.2, 0.25) is 11.8 Å².